The SMILES string of the molecule is N#CC1CCCN1C(=O)C(N)CN1CC2C[C@H]1C(=O)N2C1CCc2cc(C(N)=O)ccc21. The van der Waals surface area contributed by atoms with Crippen molar-refractivity contribution >= 4 is 17.7 Å². The van der Waals surface area contributed by atoms with E-state index in [0.29, 0.717) is 31.6 Å². The van der Waals surface area contributed by atoms with Crippen molar-refractivity contribution in [2.45, 2.75) is 62.3 Å². The first-order valence-electron chi connectivity index (χ1n) is 11.3. The van der Waals surface area contributed by atoms with Gasteiger partial charge in [0.05, 0.1) is 24.2 Å². The molecule has 4 unspecified atom stereocenters. The molecule has 1 aliphatic carbocycles. The van der Waals surface area contributed by atoms with Gasteiger partial charge in [-0.05, 0) is 55.4 Å². The van der Waals surface area contributed by atoms with Crippen LogP contribution in [0.15, 0.2) is 18.2 Å². The average molecular weight is 437 g/mol. The number of carbonyl (C=O) groups excluding carboxylic acids is 3. The molecule has 3 saturated heterocycles. The van der Waals surface area contributed by atoms with Gasteiger partial charge in [0.25, 0.3) is 0 Å². The Morgan fingerprint density at radius 2 is 2.06 bits per heavy atom. The first-order chi connectivity index (χ1) is 15.4. The number of nitrogens with two attached hydrogens (primary N) is 2. The zero-order valence-electron chi connectivity index (χ0n) is 17.9. The first-order valence-corrected chi connectivity index (χ1v) is 11.3. The first kappa shape index (κ1) is 20.9. The maximum absolute atomic E-state index is 13.3. The van der Waals surface area contributed by atoms with Crippen LogP contribution in [0, 0.1) is 11.3 Å². The van der Waals surface area contributed by atoms with Crippen LogP contribution in [0.2, 0.25) is 0 Å². The third-order valence-electron chi connectivity index (χ3n) is 7.56. The van der Waals surface area contributed by atoms with Crippen LogP contribution in [0.4, 0.5) is 0 Å². The Labute approximate surface area is 186 Å². The molecule has 2 bridgehead atoms. The van der Waals surface area contributed by atoms with Crippen molar-refractivity contribution in [2.24, 2.45) is 11.5 Å². The fraction of sp³-hybridized carbons (Fsp3) is 0.565. The summed E-state index contributed by atoms with van der Waals surface area (Å²) in [4.78, 5) is 43.2. The normalized spacial score (nSPS) is 29.9. The molecule has 3 amide bonds. The lowest BCUT2D eigenvalue weighted by Gasteiger charge is -2.38. The molecule has 3 aliphatic heterocycles. The number of amides is 3. The van der Waals surface area contributed by atoms with Crippen LogP contribution in [0.3, 0.4) is 0 Å². The molecule has 0 radical (unpaired) electrons. The highest BCUT2D eigenvalue weighted by Crippen LogP contribution is 2.44. The van der Waals surface area contributed by atoms with Crippen LogP contribution in [0.1, 0.15) is 53.2 Å². The number of hydrogen-bond donors (Lipinski definition) is 2. The quantitative estimate of drug-likeness (QED) is 0.661. The van der Waals surface area contributed by atoms with Crippen molar-refractivity contribution in [3.63, 3.8) is 0 Å². The minimum absolute atomic E-state index is 0.0212. The van der Waals surface area contributed by atoms with E-state index in [9.17, 15) is 19.6 Å². The molecule has 1 aromatic carbocycles. The van der Waals surface area contributed by atoms with Crippen LogP contribution in [0.25, 0.3) is 0 Å². The van der Waals surface area contributed by atoms with Gasteiger partial charge in [-0.2, -0.15) is 5.26 Å². The molecule has 4 aliphatic rings. The summed E-state index contributed by atoms with van der Waals surface area (Å²) in [5, 5.41) is 9.25. The van der Waals surface area contributed by atoms with Crippen LogP contribution >= 0.6 is 0 Å². The Morgan fingerprint density at radius 1 is 1.25 bits per heavy atom. The molecule has 9 nitrogen and oxygen atoms in total. The average Bonchev–Trinajstić information content (AvgIpc) is 3.55. The van der Waals surface area contributed by atoms with E-state index in [4.69, 9.17) is 11.5 Å². The standard InChI is InChI=1S/C23H28N6O3/c24-10-15-2-1-7-28(15)22(31)18(25)12-27-11-16-9-20(27)23(32)29(16)19-6-4-13-8-14(21(26)30)3-5-17(13)19/h3,5,8,15-16,18-20H,1-2,4,6-7,9,11-12,25H2,(H2,26,30)/t15?,16?,18?,19?,20-/m0/s1. The second-order valence-corrected chi connectivity index (χ2v) is 9.36. The lowest BCUT2D eigenvalue weighted by Crippen LogP contribution is -2.56. The smallest absolute Gasteiger partial charge is 0.248 e. The second-order valence-electron chi connectivity index (χ2n) is 9.36. The predicted octanol–water partition coefficient (Wildman–Crippen LogP) is -0.100. The lowest BCUT2D eigenvalue weighted by molar-refractivity contribution is -0.141. The van der Waals surface area contributed by atoms with Gasteiger partial charge in [0.1, 0.15) is 6.04 Å². The summed E-state index contributed by atoms with van der Waals surface area (Å²) in [6, 6.07) is 6.44. The third kappa shape index (κ3) is 3.26. The summed E-state index contributed by atoms with van der Waals surface area (Å²) >= 11 is 0. The summed E-state index contributed by atoms with van der Waals surface area (Å²) < 4.78 is 0. The number of rotatable bonds is 5. The molecule has 1 aromatic rings. The summed E-state index contributed by atoms with van der Waals surface area (Å²) in [6.07, 6.45) is 3.93. The summed E-state index contributed by atoms with van der Waals surface area (Å²) in [6.45, 7) is 1.60. The van der Waals surface area contributed by atoms with E-state index >= 15 is 0 Å². The van der Waals surface area contributed by atoms with Crippen molar-refractivity contribution in [3.05, 3.63) is 34.9 Å². The summed E-state index contributed by atoms with van der Waals surface area (Å²) in [5.74, 6) is -0.547. The molecule has 4 N–H and O–H groups in total. The number of hydrogen-bond acceptors (Lipinski definition) is 6. The van der Waals surface area contributed by atoms with Crippen molar-refractivity contribution in [1.29, 1.82) is 5.26 Å². The highest BCUT2D eigenvalue weighted by atomic mass is 16.2. The Kier molecular flexibility index (Phi) is 5.14. The molecule has 0 aromatic heterocycles. The molecule has 3 fully saturated rings. The van der Waals surface area contributed by atoms with Crippen LogP contribution < -0.4 is 11.5 Å². The number of carbonyl (C=O) groups is 3. The topological polar surface area (TPSA) is 137 Å². The number of nitrogens with zero attached hydrogens (tertiary/aromatic N) is 4. The van der Waals surface area contributed by atoms with Gasteiger partial charge in [0.2, 0.25) is 17.7 Å². The van der Waals surface area contributed by atoms with Crippen LogP contribution in [-0.2, 0) is 16.0 Å². The van der Waals surface area contributed by atoms with Gasteiger partial charge in [0, 0.05) is 31.2 Å². The fourth-order valence-corrected chi connectivity index (χ4v) is 6.05. The lowest BCUT2D eigenvalue weighted by atomic mass is 10.0. The Morgan fingerprint density at radius 3 is 2.78 bits per heavy atom. The van der Waals surface area contributed by atoms with E-state index in [1.807, 2.05) is 21.9 Å². The molecule has 0 saturated carbocycles. The molecule has 32 heavy (non-hydrogen) atoms. The van der Waals surface area contributed by atoms with Gasteiger partial charge in [-0.1, -0.05) is 6.07 Å². The summed E-state index contributed by atoms with van der Waals surface area (Å²) in [5.41, 5.74) is 14.3. The molecule has 0 spiro atoms. The van der Waals surface area contributed by atoms with E-state index < -0.39 is 18.0 Å². The minimum atomic E-state index is -0.732. The summed E-state index contributed by atoms with van der Waals surface area (Å²) in [7, 11) is 0. The van der Waals surface area contributed by atoms with E-state index in [1.165, 1.54) is 0 Å². The monoisotopic (exact) mass is 436 g/mol. The van der Waals surface area contributed by atoms with Crippen molar-refractivity contribution in [2.75, 3.05) is 19.6 Å². The van der Waals surface area contributed by atoms with Gasteiger partial charge in [-0.15, -0.1) is 0 Å². The molecular formula is C23H28N6O3. The van der Waals surface area contributed by atoms with Crippen molar-refractivity contribution in [1.82, 2.24) is 14.7 Å². The number of fused-ring (bicyclic) bond motifs is 3. The van der Waals surface area contributed by atoms with Gasteiger partial charge in [-0.25, -0.2) is 0 Å². The molecule has 9 heteroatoms. The molecule has 5 rings (SSSR count). The molecule has 3 heterocycles. The highest BCUT2D eigenvalue weighted by Gasteiger charge is 2.53. The Bertz CT molecular complexity index is 1020. The third-order valence-corrected chi connectivity index (χ3v) is 7.56. The van der Waals surface area contributed by atoms with E-state index in [0.717, 1.165) is 36.8 Å². The largest absolute Gasteiger partial charge is 0.366 e. The number of primary amides is 1. The van der Waals surface area contributed by atoms with Gasteiger partial charge in [-0.3, -0.25) is 19.3 Å². The van der Waals surface area contributed by atoms with Crippen LogP contribution in [-0.4, -0.2) is 76.2 Å². The van der Waals surface area contributed by atoms with Crippen molar-refractivity contribution in [3.8, 4) is 6.07 Å². The van der Waals surface area contributed by atoms with Crippen molar-refractivity contribution < 1.29 is 14.4 Å². The fourth-order valence-electron chi connectivity index (χ4n) is 6.05. The maximum atomic E-state index is 13.3. The molecule has 168 valence electrons. The second kappa shape index (κ2) is 7.87. The van der Waals surface area contributed by atoms with Gasteiger partial charge in [0.15, 0.2) is 0 Å². The number of nitriles is 1. The molecular weight excluding hydrogens is 408 g/mol. The van der Waals surface area contributed by atoms with E-state index in [1.54, 1.807) is 11.0 Å². The maximum Gasteiger partial charge on any atom is 0.248 e. The number of likely N-dealkylation sites (tertiary alicyclic amines) is 3. The zero-order chi connectivity index (χ0) is 22.6. The van der Waals surface area contributed by atoms with Gasteiger partial charge < -0.3 is 21.3 Å². The van der Waals surface area contributed by atoms with E-state index in [2.05, 4.69) is 6.07 Å². The minimum Gasteiger partial charge on any atom is -0.366 e. The van der Waals surface area contributed by atoms with Gasteiger partial charge >= 0.3 is 0 Å². The molecule has 5 atom stereocenters. The van der Waals surface area contributed by atoms with E-state index in [-0.39, 0.29) is 29.9 Å². The zero-order valence-corrected chi connectivity index (χ0v) is 17.9. The number of piperazine rings is 1. The number of benzene rings is 1. The Hall–Kier alpha value is -2.96. The van der Waals surface area contributed by atoms with Crippen LogP contribution in [0.5, 0.6) is 0 Å². The highest BCUT2D eigenvalue weighted by molar-refractivity contribution is 5.93. The predicted molar refractivity (Wildman–Crippen MR) is 115 cm³/mol. The number of aryl methyl sites for hydroxylation is 1. The Balaban J connectivity index is 1.25.